The van der Waals surface area contributed by atoms with E-state index in [2.05, 4.69) is 0 Å². The van der Waals surface area contributed by atoms with E-state index in [9.17, 15) is 22.0 Å². The molecule has 0 amide bonds. The van der Waals surface area contributed by atoms with Crippen LogP contribution in [0, 0.1) is 11.6 Å². The third-order valence-electron chi connectivity index (χ3n) is 4.95. The molecular weight excluding hydrogens is 417 g/mol. The minimum Gasteiger partial charge on any atom is -0.481 e. The molecule has 1 aromatic heterocycles. The highest BCUT2D eigenvalue weighted by Crippen LogP contribution is 2.35. The van der Waals surface area contributed by atoms with Gasteiger partial charge in [0.15, 0.2) is 17.4 Å². The molecular formula is C23H22F5NO2. The Kier molecular flexibility index (Phi) is 7.00. The van der Waals surface area contributed by atoms with Gasteiger partial charge in [0.2, 0.25) is 0 Å². The average molecular weight is 439 g/mol. The highest BCUT2D eigenvalue weighted by Gasteiger charge is 2.36. The van der Waals surface area contributed by atoms with Gasteiger partial charge in [-0.2, -0.15) is 13.2 Å². The van der Waals surface area contributed by atoms with Crippen LogP contribution in [-0.4, -0.2) is 16.3 Å². The molecule has 0 unspecified atom stereocenters. The molecule has 166 valence electrons. The third kappa shape index (κ3) is 5.25. The van der Waals surface area contributed by atoms with Gasteiger partial charge >= 0.3 is 6.18 Å². The van der Waals surface area contributed by atoms with Crippen molar-refractivity contribution in [1.29, 1.82) is 0 Å². The molecule has 0 aliphatic rings. The number of rotatable bonds is 8. The van der Waals surface area contributed by atoms with Crippen molar-refractivity contribution in [3.8, 4) is 11.4 Å². The lowest BCUT2D eigenvalue weighted by Crippen LogP contribution is -2.13. The van der Waals surface area contributed by atoms with Crippen LogP contribution >= 0.6 is 0 Å². The highest BCUT2D eigenvalue weighted by molar-refractivity contribution is 5.41. The highest BCUT2D eigenvalue weighted by atomic mass is 19.4. The van der Waals surface area contributed by atoms with E-state index in [1.807, 2.05) is 6.92 Å². The number of aliphatic hydroxyl groups excluding tert-OH is 1. The molecule has 0 aliphatic heterocycles. The SMILES string of the molecule is CCc1ccc(-n2ccc(C(F)(F)F)c2COc2c(F)cc(CCCO)cc2F)cc1. The number of nitrogens with zero attached hydrogens (tertiary/aromatic N) is 1. The molecule has 1 N–H and O–H groups in total. The summed E-state index contributed by atoms with van der Waals surface area (Å²) >= 11 is 0. The van der Waals surface area contributed by atoms with Gasteiger partial charge in [-0.05, 0) is 60.7 Å². The lowest BCUT2D eigenvalue weighted by atomic mass is 10.1. The summed E-state index contributed by atoms with van der Waals surface area (Å²) in [5, 5.41) is 8.85. The third-order valence-corrected chi connectivity index (χ3v) is 4.95. The van der Waals surface area contributed by atoms with Crippen molar-refractivity contribution in [3.63, 3.8) is 0 Å². The molecule has 0 saturated heterocycles. The normalized spacial score (nSPS) is 11.7. The smallest absolute Gasteiger partial charge is 0.418 e. The summed E-state index contributed by atoms with van der Waals surface area (Å²) in [5.74, 6) is -2.76. The van der Waals surface area contributed by atoms with Crippen LogP contribution in [0.4, 0.5) is 22.0 Å². The van der Waals surface area contributed by atoms with E-state index >= 15 is 0 Å². The van der Waals surface area contributed by atoms with Gasteiger partial charge in [0.25, 0.3) is 0 Å². The molecule has 0 saturated carbocycles. The predicted octanol–water partition coefficient (Wildman–Crippen LogP) is 5.84. The van der Waals surface area contributed by atoms with Crippen molar-refractivity contribution >= 4 is 0 Å². The maximum atomic E-state index is 14.4. The molecule has 8 heteroatoms. The number of alkyl halides is 3. The molecule has 3 nitrogen and oxygen atoms in total. The fourth-order valence-electron chi connectivity index (χ4n) is 3.32. The second-order valence-electron chi connectivity index (χ2n) is 7.07. The fourth-order valence-corrected chi connectivity index (χ4v) is 3.32. The van der Waals surface area contributed by atoms with Crippen molar-refractivity contribution in [1.82, 2.24) is 4.57 Å². The van der Waals surface area contributed by atoms with Crippen molar-refractivity contribution in [2.24, 2.45) is 0 Å². The molecule has 1 heterocycles. The van der Waals surface area contributed by atoms with E-state index in [1.165, 1.54) is 10.8 Å². The van der Waals surface area contributed by atoms with E-state index in [0.717, 1.165) is 30.2 Å². The molecule has 2 aromatic carbocycles. The molecule has 31 heavy (non-hydrogen) atoms. The fraction of sp³-hybridized carbons (Fsp3) is 0.304. The average Bonchev–Trinajstić information content (AvgIpc) is 3.16. The van der Waals surface area contributed by atoms with Crippen LogP contribution in [0.15, 0.2) is 48.7 Å². The summed E-state index contributed by atoms with van der Waals surface area (Å²) in [6, 6.07) is 9.99. The van der Waals surface area contributed by atoms with Crippen LogP contribution in [-0.2, 0) is 25.6 Å². The number of benzene rings is 2. The lowest BCUT2D eigenvalue weighted by molar-refractivity contribution is -0.138. The maximum Gasteiger partial charge on any atom is 0.418 e. The first kappa shape index (κ1) is 22.8. The Morgan fingerprint density at radius 1 is 0.968 bits per heavy atom. The standard InChI is InChI=1S/C23H22F5NO2/c1-2-15-5-7-17(8-6-15)29-10-9-18(23(26,27)28)21(29)14-31-22-19(24)12-16(4-3-11-30)13-20(22)25/h5-10,12-13,30H,2-4,11,14H2,1H3. The van der Waals surface area contributed by atoms with Gasteiger partial charge in [0.05, 0.1) is 11.3 Å². The molecule has 0 aliphatic carbocycles. The van der Waals surface area contributed by atoms with Gasteiger partial charge in [0.1, 0.15) is 6.61 Å². The number of hydrogen-bond acceptors (Lipinski definition) is 2. The van der Waals surface area contributed by atoms with E-state index in [-0.39, 0.29) is 18.7 Å². The molecule has 3 rings (SSSR count). The van der Waals surface area contributed by atoms with Gasteiger partial charge in [0, 0.05) is 18.5 Å². The number of aliphatic hydroxyl groups is 1. The second kappa shape index (κ2) is 9.51. The van der Waals surface area contributed by atoms with Gasteiger partial charge in [-0.25, -0.2) is 8.78 Å². The summed E-state index contributed by atoms with van der Waals surface area (Å²) in [7, 11) is 0. The van der Waals surface area contributed by atoms with Crippen LogP contribution in [0.5, 0.6) is 5.75 Å². The van der Waals surface area contributed by atoms with Crippen molar-refractivity contribution in [2.45, 2.75) is 39.0 Å². The Morgan fingerprint density at radius 3 is 2.16 bits per heavy atom. The monoisotopic (exact) mass is 439 g/mol. The van der Waals surface area contributed by atoms with Crippen LogP contribution in [0.3, 0.4) is 0 Å². The number of ether oxygens (including phenoxy) is 1. The van der Waals surface area contributed by atoms with Crippen molar-refractivity contribution in [2.75, 3.05) is 6.61 Å². The van der Waals surface area contributed by atoms with E-state index in [1.54, 1.807) is 24.3 Å². The molecule has 0 spiro atoms. The number of aryl methyl sites for hydroxylation is 2. The van der Waals surface area contributed by atoms with E-state index in [0.29, 0.717) is 17.7 Å². The van der Waals surface area contributed by atoms with E-state index < -0.39 is 35.7 Å². The Balaban J connectivity index is 1.92. The Labute approximate surface area is 176 Å². The quantitative estimate of drug-likeness (QED) is 0.448. The Bertz CT molecular complexity index is 1000. The minimum atomic E-state index is -4.65. The lowest BCUT2D eigenvalue weighted by Gasteiger charge is -2.16. The summed E-state index contributed by atoms with van der Waals surface area (Å²) < 4.78 is 75.7. The maximum absolute atomic E-state index is 14.4. The summed E-state index contributed by atoms with van der Waals surface area (Å²) in [6.07, 6.45) is -2.02. The molecule has 0 fully saturated rings. The zero-order valence-corrected chi connectivity index (χ0v) is 16.8. The van der Waals surface area contributed by atoms with Gasteiger partial charge in [-0.1, -0.05) is 19.1 Å². The number of hydrogen-bond donors (Lipinski definition) is 1. The van der Waals surface area contributed by atoms with Crippen LogP contribution in [0.1, 0.15) is 35.7 Å². The first-order valence-corrected chi connectivity index (χ1v) is 9.83. The molecule has 0 atom stereocenters. The van der Waals surface area contributed by atoms with Crippen molar-refractivity contribution in [3.05, 3.63) is 82.7 Å². The Morgan fingerprint density at radius 2 is 1.61 bits per heavy atom. The molecule has 3 aromatic rings. The van der Waals surface area contributed by atoms with Gasteiger partial charge in [-0.15, -0.1) is 0 Å². The Hall–Kier alpha value is -2.87. The number of halogens is 5. The van der Waals surface area contributed by atoms with Gasteiger partial charge < -0.3 is 14.4 Å². The summed E-state index contributed by atoms with van der Waals surface area (Å²) in [5.41, 5.74) is 0.626. The van der Waals surface area contributed by atoms with Crippen LogP contribution in [0.2, 0.25) is 0 Å². The predicted molar refractivity (Wildman–Crippen MR) is 106 cm³/mol. The van der Waals surface area contributed by atoms with E-state index in [4.69, 9.17) is 9.84 Å². The first-order chi connectivity index (χ1) is 14.7. The van der Waals surface area contributed by atoms with Crippen molar-refractivity contribution < 1.29 is 31.8 Å². The molecule has 0 bridgehead atoms. The summed E-state index contributed by atoms with van der Waals surface area (Å²) in [4.78, 5) is 0. The zero-order valence-electron chi connectivity index (χ0n) is 16.8. The molecule has 0 radical (unpaired) electrons. The second-order valence-corrected chi connectivity index (χ2v) is 7.07. The number of aromatic nitrogens is 1. The minimum absolute atomic E-state index is 0.127. The zero-order chi connectivity index (χ0) is 22.6. The summed E-state index contributed by atoms with van der Waals surface area (Å²) in [6.45, 7) is 1.16. The van der Waals surface area contributed by atoms with Crippen LogP contribution in [0.25, 0.3) is 5.69 Å². The van der Waals surface area contributed by atoms with Crippen LogP contribution < -0.4 is 4.74 Å². The largest absolute Gasteiger partial charge is 0.481 e. The topological polar surface area (TPSA) is 34.4 Å². The first-order valence-electron chi connectivity index (χ1n) is 9.83. The van der Waals surface area contributed by atoms with Gasteiger partial charge in [-0.3, -0.25) is 0 Å².